The number of hydrogen-bond acceptors (Lipinski definition) is 3. The number of nitrogens with zero attached hydrogens (tertiary/aromatic N) is 2. The Balaban J connectivity index is 2.19. The summed E-state index contributed by atoms with van der Waals surface area (Å²) in [7, 11) is -2.00. The van der Waals surface area contributed by atoms with Gasteiger partial charge in [0.25, 0.3) is 10.0 Å². The predicted octanol–water partition coefficient (Wildman–Crippen LogP) is 2.55. The first-order valence-corrected chi connectivity index (χ1v) is 8.79. The number of aryl methyl sites for hydroxylation is 2. The molecule has 0 aliphatic carbocycles. The van der Waals surface area contributed by atoms with E-state index in [1.165, 1.54) is 16.9 Å². The maximum Gasteiger partial charge on any atom is 0.279 e. The van der Waals surface area contributed by atoms with Crippen LogP contribution >= 0.6 is 15.9 Å². The fourth-order valence-electron chi connectivity index (χ4n) is 1.89. The first kappa shape index (κ1) is 15.1. The SMILES string of the molecule is Cn1nccc1S(=O)(=O)Nc1cccc(CCCBr)c1. The standard InChI is InChI=1S/C13H16BrN3O2S/c1-17-13(7-9-15-17)20(18,19)16-12-6-2-4-11(10-12)5-3-8-14/h2,4,6-7,9-10,16H,3,5,8H2,1H3. The highest BCUT2D eigenvalue weighted by Gasteiger charge is 2.17. The molecule has 1 aromatic carbocycles. The Labute approximate surface area is 127 Å². The lowest BCUT2D eigenvalue weighted by atomic mass is 10.1. The predicted molar refractivity (Wildman–Crippen MR) is 82.6 cm³/mol. The van der Waals surface area contributed by atoms with Crippen LogP contribution < -0.4 is 4.72 Å². The molecule has 0 radical (unpaired) electrons. The molecule has 2 rings (SSSR count). The number of rotatable bonds is 6. The summed E-state index contributed by atoms with van der Waals surface area (Å²) in [6.07, 6.45) is 3.38. The minimum absolute atomic E-state index is 0.142. The van der Waals surface area contributed by atoms with Crippen molar-refractivity contribution in [3.63, 3.8) is 0 Å². The minimum Gasteiger partial charge on any atom is -0.278 e. The molecule has 1 aromatic heterocycles. The van der Waals surface area contributed by atoms with E-state index in [9.17, 15) is 8.42 Å². The minimum atomic E-state index is -3.60. The van der Waals surface area contributed by atoms with Crippen LogP contribution in [-0.2, 0) is 23.5 Å². The van der Waals surface area contributed by atoms with Gasteiger partial charge in [-0.15, -0.1) is 0 Å². The van der Waals surface area contributed by atoms with Crippen LogP contribution in [0.25, 0.3) is 0 Å². The summed E-state index contributed by atoms with van der Waals surface area (Å²) in [5, 5.41) is 4.95. The van der Waals surface area contributed by atoms with Crippen LogP contribution in [0, 0.1) is 0 Å². The molecule has 108 valence electrons. The van der Waals surface area contributed by atoms with Gasteiger partial charge >= 0.3 is 0 Å². The molecule has 1 N–H and O–H groups in total. The monoisotopic (exact) mass is 357 g/mol. The summed E-state index contributed by atoms with van der Waals surface area (Å²) in [5.41, 5.74) is 1.67. The highest BCUT2D eigenvalue weighted by Crippen LogP contribution is 2.17. The molecular weight excluding hydrogens is 342 g/mol. The molecule has 2 aromatic rings. The first-order valence-electron chi connectivity index (χ1n) is 6.18. The van der Waals surface area contributed by atoms with Crippen molar-refractivity contribution >= 4 is 31.6 Å². The largest absolute Gasteiger partial charge is 0.279 e. The Bertz CT molecular complexity index is 682. The van der Waals surface area contributed by atoms with Crippen LogP contribution in [0.5, 0.6) is 0 Å². The topological polar surface area (TPSA) is 64.0 Å². The zero-order valence-corrected chi connectivity index (χ0v) is 13.5. The van der Waals surface area contributed by atoms with Gasteiger partial charge < -0.3 is 0 Å². The maximum atomic E-state index is 12.2. The molecule has 0 unspecified atom stereocenters. The molecule has 0 amide bonds. The van der Waals surface area contributed by atoms with E-state index in [1.807, 2.05) is 18.2 Å². The van der Waals surface area contributed by atoms with Gasteiger partial charge in [0.05, 0.1) is 6.20 Å². The van der Waals surface area contributed by atoms with Crippen molar-refractivity contribution in [2.75, 3.05) is 10.1 Å². The molecule has 0 fully saturated rings. The van der Waals surface area contributed by atoms with Gasteiger partial charge in [0, 0.05) is 18.1 Å². The second kappa shape index (κ2) is 6.41. The van der Waals surface area contributed by atoms with Gasteiger partial charge in [-0.2, -0.15) is 13.5 Å². The van der Waals surface area contributed by atoms with E-state index in [0.717, 1.165) is 23.7 Å². The molecule has 0 aliphatic rings. The van der Waals surface area contributed by atoms with Gasteiger partial charge in [0.2, 0.25) is 0 Å². The van der Waals surface area contributed by atoms with E-state index in [1.54, 1.807) is 13.1 Å². The van der Waals surface area contributed by atoms with Crippen LogP contribution in [0.1, 0.15) is 12.0 Å². The number of alkyl halides is 1. The number of hydrogen-bond donors (Lipinski definition) is 1. The molecule has 1 heterocycles. The Morgan fingerprint density at radius 1 is 1.35 bits per heavy atom. The van der Waals surface area contributed by atoms with Crippen molar-refractivity contribution in [2.45, 2.75) is 17.9 Å². The molecular formula is C13H16BrN3O2S. The van der Waals surface area contributed by atoms with Crippen LogP contribution in [0.2, 0.25) is 0 Å². The van der Waals surface area contributed by atoms with Gasteiger partial charge in [-0.25, -0.2) is 0 Å². The first-order chi connectivity index (χ1) is 9.53. The number of anilines is 1. The van der Waals surface area contributed by atoms with E-state index < -0.39 is 10.0 Å². The molecule has 0 spiro atoms. The zero-order chi connectivity index (χ0) is 14.6. The lowest BCUT2D eigenvalue weighted by Crippen LogP contribution is -2.16. The van der Waals surface area contributed by atoms with Crippen LogP contribution in [0.15, 0.2) is 41.6 Å². The third-order valence-corrected chi connectivity index (χ3v) is 4.85. The second-order valence-electron chi connectivity index (χ2n) is 4.39. The van der Waals surface area contributed by atoms with Crippen LogP contribution in [0.4, 0.5) is 5.69 Å². The van der Waals surface area contributed by atoms with Crippen molar-refractivity contribution in [1.82, 2.24) is 9.78 Å². The Kier molecular flexibility index (Phi) is 4.82. The van der Waals surface area contributed by atoms with Crippen molar-refractivity contribution in [2.24, 2.45) is 7.05 Å². The molecule has 0 bridgehead atoms. The van der Waals surface area contributed by atoms with Gasteiger partial charge in [0.15, 0.2) is 5.03 Å². The Hall–Kier alpha value is -1.34. The Morgan fingerprint density at radius 2 is 2.15 bits per heavy atom. The summed E-state index contributed by atoms with van der Waals surface area (Å²) in [4.78, 5) is 0. The third kappa shape index (κ3) is 3.61. The summed E-state index contributed by atoms with van der Waals surface area (Å²) < 4.78 is 28.4. The van der Waals surface area contributed by atoms with Crippen molar-refractivity contribution in [1.29, 1.82) is 0 Å². The van der Waals surface area contributed by atoms with Crippen LogP contribution in [0.3, 0.4) is 0 Å². The number of nitrogens with one attached hydrogen (secondary N) is 1. The number of benzene rings is 1. The maximum absolute atomic E-state index is 12.2. The van der Waals surface area contributed by atoms with Gasteiger partial charge in [-0.05, 0) is 36.6 Å². The van der Waals surface area contributed by atoms with Gasteiger partial charge in [-0.3, -0.25) is 9.40 Å². The number of halogens is 1. The van der Waals surface area contributed by atoms with Crippen molar-refractivity contribution in [3.8, 4) is 0 Å². The molecule has 0 atom stereocenters. The summed E-state index contributed by atoms with van der Waals surface area (Å²) in [6, 6.07) is 8.91. The highest BCUT2D eigenvalue weighted by atomic mass is 79.9. The van der Waals surface area contributed by atoms with Gasteiger partial charge in [-0.1, -0.05) is 28.1 Å². The van der Waals surface area contributed by atoms with Crippen molar-refractivity contribution < 1.29 is 8.42 Å². The van der Waals surface area contributed by atoms with Gasteiger partial charge in [0.1, 0.15) is 0 Å². The number of aromatic nitrogens is 2. The average Bonchev–Trinajstić information content (AvgIpc) is 2.83. The van der Waals surface area contributed by atoms with E-state index in [4.69, 9.17) is 0 Å². The van der Waals surface area contributed by atoms with Crippen LogP contribution in [-0.4, -0.2) is 23.5 Å². The van der Waals surface area contributed by atoms with E-state index in [2.05, 4.69) is 25.8 Å². The third-order valence-electron chi connectivity index (χ3n) is 2.83. The average molecular weight is 358 g/mol. The smallest absolute Gasteiger partial charge is 0.278 e. The van der Waals surface area contributed by atoms with Crippen molar-refractivity contribution in [3.05, 3.63) is 42.1 Å². The molecule has 0 aliphatic heterocycles. The fraction of sp³-hybridized carbons (Fsp3) is 0.308. The normalized spacial score (nSPS) is 11.5. The fourth-order valence-corrected chi connectivity index (χ4v) is 3.35. The molecule has 20 heavy (non-hydrogen) atoms. The van der Waals surface area contributed by atoms with E-state index in [-0.39, 0.29) is 5.03 Å². The lowest BCUT2D eigenvalue weighted by Gasteiger charge is -2.09. The molecule has 7 heteroatoms. The van der Waals surface area contributed by atoms with E-state index >= 15 is 0 Å². The molecule has 0 saturated carbocycles. The summed E-state index contributed by atoms with van der Waals surface area (Å²) >= 11 is 3.39. The zero-order valence-electron chi connectivity index (χ0n) is 11.1. The summed E-state index contributed by atoms with van der Waals surface area (Å²) in [5.74, 6) is 0. The Morgan fingerprint density at radius 3 is 2.80 bits per heavy atom. The highest BCUT2D eigenvalue weighted by molar-refractivity contribution is 9.09. The molecule has 5 nitrogen and oxygen atoms in total. The van der Waals surface area contributed by atoms with E-state index in [0.29, 0.717) is 5.69 Å². The number of sulfonamides is 1. The lowest BCUT2D eigenvalue weighted by molar-refractivity contribution is 0.582. The quantitative estimate of drug-likeness (QED) is 0.808. The second-order valence-corrected chi connectivity index (χ2v) is 6.81. The summed E-state index contributed by atoms with van der Waals surface area (Å²) in [6.45, 7) is 0. The molecule has 0 saturated heterocycles.